The quantitative estimate of drug-likeness (QED) is 0.227. The Morgan fingerprint density at radius 2 is 1.73 bits per heavy atom. The molecule has 0 spiro atoms. The number of carbonyl (C=O) groups is 1. The van der Waals surface area contributed by atoms with E-state index >= 15 is 0 Å². The molecule has 0 radical (unpaired) electrons. The van der Waals surface area contributed by atoms with Crippen molar-refractivity contribution in [1.29, 1.82) is 0 Å². The summed E-state index contributed by atoms with van der Waals surface area (Å²) in [5, 5.41) is 0. The van der Waals surface area contributed by atoms with E-state index in [4.69, 9.17) is 9.47 Å². The average molecular weight is 569 g/mol. The molecule has 4 rings (SSSR count). The predicted octanol–water partition coefficient (Wildman–Crippen LogP) is 7.57. The number of cyclic esters (lactones) is 1. The summed E-state index contributed by atoms with van der Waals surface area (Å²) < 4.78 is 13.0. The molecule has 0 fully saturated rings. The van der Waals surface area contributed by atoms with Crippen LogP contribution in [0.4, 0.5) is 0 Å². The maximum absolute atomic E-state index is 12.4. The van der Waals surface area contributed by atoms with Gasteiger partial charge in [-0.3, -0.25) is 0 Å². The van der Waals surface area contributed by atoms with Crippen molar-refractivity contribution in [2.75, 3.05) is 0 Å². The van der Waals surface area contributed by atoms with Crippen LogP contribution in [0.1, 0.15) is 47.6 Å². The second-order valence-corrected chi connectivity index (χ2v) is 9.91. The highest BCUT2D eigenvalue weighted by molar-refractivity contribution is 9.11. The van der Waals surface area contributed by atoms with Crippen molar-refractivity contribution in [1.82, 2.24) is 0 Å². The van der Waals surface area contributed by atoms with Crippen LogP contribution in [0.2, 0.25) is 0 Å². The molecule has 6 heteroatoms. The SMILES string of the molecule is Cc1cccc(COc2c(Br)cc(/C=C3\N=C(c4ccc(C(C)C)cc4)OC3=O)cc2Br)c1. The summed E-state index contributed by atoms with van der Waals surface area (Å²) in [6, 6.07) is 19.9. The van der Waals surface area contributed by atoms with Gasteiger partial charge in [0.1, 0.15) is 12.4 Å². The van der Waals surface area contributed by atoms with Crippen molar-refractivity contribution in [3.8, 4) is 5.75 Å². The third-order valence-electron chi connectivity index (χ3n) is 5.23. The van der Waals surface area contributed by atoms with Gasteiger partial charge in [-0.1, -0.05) is 55.8 Å². The molecular formula is C27H23Br2NO3. The lowest BCUT2D eigenvalue weighted by atomic mass is 10.0. The monoisotopic (exact) mass is 567 g/mol. The molecule has 0 amide bonds. The highest BCUT2D eigenvalue weighted by Crippen LogP contribution is 2.36. The number of hydrogen-bond donors (Lipinski definition) is 0. The Morgan fingerprint density at radius 3 is 2.36 bits per heavy atom. The zero-order valence-electron chi connectivity index (χ0n) is 18.6. The lowest BCUT2D eigenvalue weighted by Gasteiger charge is -2.12. The first-order valence-electron chi connectivity index (χ1n) is 10.6. The van der Waals surface area contributed by atoms with E-state index in [1.807, 2.05) is 48.5 Å². The third kappa shape index (κ3) is 5.63. The average Bonchev–Trinajstić information content (AvgIpc) is 3.13. The molecule has 0 saturated carbocycles. The first-order chi connectivity index (χ1) is 15.8. The summed E-state index contributed by atoms with van der Waals surface area (Å²) in [5.41, 5.74) is 5.33. The fraction of sp³-hybridized carbons (Fsp3) is 0.185. The van der Waals surface area contributed by atoms with Gasteiger partial charge in [0.15, 0.2) is 5.70 Å². The van der Waals surface area contributed by atoms with E-state index in [1.165, 1.54) is 11.1 Å². The smallest absolute Gasteiger partial charge is 0.363 e. The zero-order valence-corrected chi connectivity index (χ0v) is 21.7. The first-order valence-corrected chi connectivity index (χ1v) is 12.2. The van der Waals surface area contributed by atoms with E-state index in [-0.39, 0.29) is 5.70 Å². The van der Waals surface area contributed by atoms with E-state index in [0.717, 1.165) is 25.6 Å². The van der Waals surface area contributed by atoms with Crippen LogP contribution in [0, 0.1) is 6.92 Å². The fourth-order valence-corrected chi connectivity index (χ4v) is 4.91. The standard InChI is InChI=1S/C27H23Br2NO3/c1-16(2)20-7-9-21(10-8-20)26-30-24(27(31)33-26)14-19-12-22(28)25(23(29)13-19)32-15-18-6-4-5-17(3)11-18/h4-14,16H,15H2,1-3H3/b24-14-. The summed E-state index contributed by atoms with van der Waals surface area (Å²) in [6.45, 7) is 6.78. The minimum Gasteiger partial charge on any atom is -0.487 e. The van der Waals surface area contributed by atoms with Crippen LogP contribution < -0.4 is 4.74 Å². The molecule has 1 heterocycles. The van der Waals surface area contributed by atoms with Crippen LogP contribution >= 0.6 is 31.9 Å². The maximum Gasteiger partial charge on any atom is 0.363 e. The summed E-state index contributed by atoms with van der Waals surface area (Å²) in [5.74, 6) is 0.980. The number of ether oxygens (including phenoxy) is 2. The molecule has 0 unspecified atom stereocenters. The van der Waals surface area contributed by atoms with Gasteiger partial charge in [-0.05, 0) is 91.7 Å². The van der Waals surface area contributed by atoms with Crippen molar-refractivity contribution >= 4 is 49.8 Å². The maximum atomic E-state index is 12.4. The second-order valence-electron chi connectivity index (χ2n) is 8.20. The summed E-state index contributed by atoms with van der Waals surface area (Å²) in [6.07, 6.45) is 1.71. The number of aryl methyl sites for hydroxylation is 1. The molecule has 0 atom stereocenters. The van der Waals surface area contributed by atoms with Gasteiger partial charge in [-0.2, -0.15) is 0 Å². The lowest BCUT2D eigenvalue weighted by molar-refractivity contribution is -0.129. The van der Waals surface area contributed by atoms with E-state index in [2.05, 4.69) is 69.8 Å². The van der Waals surface area contributed by atoms with Crippen LogP contribution in [-0.2, 0) is 16.1 Å². The van der Waals surface area contributed by atoms with Crippen LogP contribution in [0.25, 0.3) is 6.08 Å². The van der Waals surface area contributed by atoms with E-state index in [1.54, 1.807) is 6.08 Å². The minimum absolute atomic E-state index is 0.255. The molecule has 0 N–H and O–H groups in total. The zero-order chi connectivity index (χ0) is 23.5. The number of rotatable bonds is 6. The van der Waals surface area contributed by atoms with Gasteiger partial charge in [0, 0.05) is 5.56 Å². The predicted molar refractivity (Wildman–Crippen MR) is 138 cm³/mol. The van der Waals surface area contributed by atoms with Crippen molar-refractivity contribution in [3.05, 3.63) is 103 Å². The van der Waals surface area contributed by atoms with Crippen LogP contribution in [-0.4, -0.2) is 11.9 Å². The number of hydrogen-bond acceptors (Lipinski definition) is 4. The summed E-state index contributed by atoms with van der Waals surface area (Å²) >= 11 is 7.16. The normalized spacial score (nSPS) is 14.5. The Morgan fingerprint density at radius 1 is 1.03 bits per heavy atom. The van der Waals surface area contributed by atoms with E-state index < -0.39 is 5.97 Å². The number of carbonyl (C=O) groups excluding carboxylic acids is 1. The molecule has 3 aromatic rings. The van der Waals surface area contributed by atoms with Crippen LogP contribution in [0.5, 0.6) is 5.75 Å². The van der Waals surface area contributed by atoms with Crippen molar-refractivity contribution < 1.29 is 14.3 Å². The van der Waals surface area contributed by atoms with E-state index in [9.17, 15) is 4.79 Å². The van der Waals surface area contributed by atoms with Crippen LogP contribution in [0.3, 0.4) is 0 Å². The van der Waals surface area contributed by atoms with Crippen LogP contribution in [0.15, 0.2) is 80.3 Å². The van der Waals surface area contributed by atoms with Gasteiger partial charge < -0.3 is 9.47 Å². The molecule has 168 valence electrons. The molecule has 4 nitrogen and oxygen atoms in total. The van der Waals surface area contributed by atoms with Gasteiger partial charge >= 0.3 is 5.97 Å². The molecule has 0 saturated heterocycles. The molecular weight excluding hydrogens is 546 g/mol. The molecule has 0 aliphatic carbocycles. The Bertz CT molecular complexity index is 1240. The van der Waals surface area contributed by atoms with Crippen molar-refractivity contribution in [2.45, 2.75) is 33.3 Å². The van der Waals surface area contributed by atoms with Gasteiger partial charge in [0.25, 0.3) is 0 Å². The highest BCUT2D eigenvalue weighted by atomic mass is 79.9. The fourth-order valence-electron chi connectivity index (χ4n) is 3.46. The topological polar surface area (TPSA) is 47.9 Å². The molecule has 0 bridgehead atoms. The summed E-state index contributed by atoms with van der Waals surface area (Å²) in [4.78, 5) is 16.8. The Labute approximate surface area is 210 Å². The molecule has 1 aliphatic heterocycles. The number of aliphatic imine (C=N–C) groups is 1. The second kappa shape index (κ2) is 10.1. The van der Waals surface area contributed by atoms with Gasteiger partial charge in [0.05, 0.1) is 8.95 Å². The third-order valence-corrected chi connectivity index (χ3v) is 6.41. The van der Waals surface area contributed by atoms with Gasteiger partial charge in [0.2, 0.25) is 5.90 Å². The number of halogens is 2. The molecule has 33 heavy (non-hydrogen) atoms. The number of nitrogens with zero attached hydrogens (tertiary/aromatic N) is 1. The highest BCUT2D eigenvalue weighted by Gasteiger charge is 2.24. The lowest BCUT2D eigenvalue weighted by Crippen LogP contribution is -2.05. The van der Waals surface area contributed by atoms with Crippen molar-refractivity contribution in [2.24, 2.45) is 4.99 Å². The summed E-state index contributed by atoms with van der Waals surface area (Å²) in [7, 11) is 0. The minimum atomic E-state index is -0.468. The Balaban J connectivity index is 1.54. The molecule has 0 aromatic heterocycles. The molecule has 3 aromatic carbocycles. The Kier molecular flexibility index (Phi) is 7.15. The largest absolute Gasteiger partial charge is 0.487 e. The Hall–Kier alpha value is -2.70. The van der Waals surface area contributed by atoms with Gasteiger partial charge in [-0.15, -0.1) is 0 Å². The number of benzene rings is 3. The first kappa shape index (κ1) is 23.5. The molecule has 1 aliphatic rings. The van der Waals surface area contributed by atoms with Gasteiger partial charge in [-0.25, -0.2) is 9.79 Å². The van der Waals surface area contributed by atoms with Crippen molar-refractivity contribution in [3.63, 3.8) is 0 Å². The van der Waals surface area contributed by atoms with E-state index in [0.29, 0.717) is 24.2 Å². The number of esters is 1.